The molecule has 0 aromatic heterocycles. The average Bonchev–Trinajstić information content (AvgIpc) is 2.91. The molecule has 0 aliphatic rings. The maximum atomic E-state index is 9.10. The summed E-state index contributed by atoms with van der Waals surface area (Å²) in [6.07, 6.45) is -0.828. The molecule has 0 fully saturated rings. The minimum atomic E-state index is -0.606. The van der Waals surface area contributed by atoms with E-state index < -0.39 is 24.4 Å². The summed E-state index contributed by atoms with van der Waals surface area (Å²) in [5, 5.41) is 43.8. The molecular weight excluding hydrogens is 1330 g/mol. The van der Waals surface area contributed by atoms with Crippen molar-refractivity contribution in [1.82, 2.24) is 0 Å². The van der Waals surface area contributed by atoms with E-state index in [-0.39, 0.29) is 39.6 Å². The molecule has 0 amide bonds. The predicted octanol–water partition coefficient (Wildman–Crippen LogP) is 0.885. The number of hydrogen-bond acceptors (Lipinski definition) is 13. The summed E-state index contributed by atoms with van der Waals surface area (Å²) in [4.78, 5) is 3.12. The zero-order valence-electron chi connectivity index (χ0n) is 25.5. The second kappa shape index (κ2) is 50.3. The normalized spacial score (nSPS) is 10.8. The maximum absolute atomic E-state index is 9.10. The van der Waals surface area contributed by atoms with Crippen LogP contribution in [0.1, 0.15) is 19.3 Å². The van der Waals surface area contributed by atoms with E-state index in [0.717, 1.165) is 0 Å². The molecule has 4 N–H and O–H groups in total. The Bertz CT molecular complexity index is 492. The van der Waals surface area contributed by atoms with Crippen LogP contribution in [0.3, 0.4) is 0 Å². The Morgan fingerprint density at radius 3 is 1.14 bits per heavy atom. The van der Waals surface area contributed by atoms with E-state index in [1.54, 1.807) is 0 Å². The third kappa shape index (κ3) is 62.5. The molecule has 0 heterocycles. The van der Waals surface area contributed by atoms with Gasteiger partial charge in [-0.25, -0.2) is 49.2 Å². The Hall–Kier alpha value is -4.50. The number of hydrogen-bond donors (Lipinski definition) is 4. The number of ether oxygens (including phenoxy) is 8. The zero-order chi connectivity index (χ0) is 31.3. The molecule has 246 valence electrons. The van der Waals surface area contributed by atoms with Gasteiger partial charge in [-0.3, -0.25) is 0 Å². The molecule has 0 rings (SSSR count). The number of aliphatic hydroxyl groups is 4. The first-order valence-corrected chi connectivity index (χ1v) is 12.0. The zero-order valence-corrected chi connectivity index (χ0v) is 44.7. The van der Waals surface area contributed by atoms with Crippen molar-refractivity contribution in [3.8, 4) is 6.07 Å². The summed E-state index contributed by atoms with van der Waals surface area (Å²) in [5.41, 5.74) is 0. The Morgan fingerprint density at radius 2 is 0.860 bits per heavy atom. The van der Waals surface area contributed by atoms with Crippen molar-refractivity contribution in [3.05, 3.63) is 54.1 Å². The third-order valence-corrected chi connectivity index (χ3v) is 3.76. The summed E-state index contributed by atoms with van der Waals surface area (Å²) in [7, 11) is 18.6. The van der Waals surface area contributed by atoms with Gasteiger partial charge in [-0.15, -0.1) is 0 Å². The summed E-state index contributed by atoms with van der Waals surface area (Å²) in [6.45, 7) is 9.81. The Balaban J connectivity index is -0.0000000799. The van der Waals surface area contributed by atoms with Gasteiger partial charge in [0.1, 0.15) is 6.61 Å². The molecule has 0 saturated carbocycles. The van der Waals surface area contributed by atoms with Crippen LogP contribution < -0.4 is 0 Å². The molecule has 17 heteroatoms. The molecule has 0 aromatic carbocycles. The van der Waals surface area contributed by atoms with Crippen molar-refractivity contribution in [2.45, 2.75) is 43.7 Å². The summed E-state index contributed by atoms with van der Waals surface area (Å²) in [5.74, 6) is 0. The first-order chi connectivity index (χ1) is 19.2. The Morgan fingerprint density at radius 1 is 0.558 bits per heavy atom. The molecule has 0 aliphatic heterocycles. The van der Waals surface area contributed by atoms with Crippen molar-refractivity contribution in [1.29, 1.82) is 5.26 Å². The van der Waals surface area contributed by atoms with E-state index in [4.69, 9.17) is 41.7 Å². The summed E-state index contributed by atoms with van der Waals surface area (Å²) < 4.78 is 36.4. The quantitative estimate of drug-likeness (QED) is 0.0888. The monoisotopic (exact) mass is 1380 g/mol. The first kappa shape index (κ1) is 54.6. The van der Waals surface area contributed by atoms with E-state index >= 15 is 0 Å². The van der Waals surface area contributed by atoms with Crippen molar-refractivity contribution >= 4 is 0 Å². The molecule has 43 heavy (non-hydrogen) atoms. The molecular formula is C26H48N2O12Rf3-6. The molecule has 14 nitrogen and oxygen atoms in total. The van der Waals surface area contributed by atoms with Crippen LogP contribution in [0.2, 0.25) is 0 Å². The van der Waals surface area contributed by atoms with Gasteiger partial charge in [0.25, 0.3) is 0 Å². The van der Waals surface area contributed by atoms with Gasteiger partial charge in [0, 0.05) is 52.9 Å². The summed E-state index contributed by atoms with van der Waals surface area (Å²) >= 11 is 0. The van der Waals surface area contributed by atoms with E-state index in [9.17, 15) is 0 Å². The van der Waals surface area contributed by atoms with Crippen molar-refractivity contribution < 1.29 is 58.3 Å². The minimum Gasteiger partial charge on any atom is -0.553 e. The molecule has 0 bridgehead atoms. The van der Waals surface area contributed by atoms with Crippen LogP contribution in [0, 0.1) is 60.6 Å². The standard InChI is InChI=1S/2C8H14NO3.2C5H10O3.3Rf/c1-9-4-6-12-5-3-8(10)7-11-2;1-11-7-8(10)3-6-12-5-2-4-9;2*1-7-3-5(6)4-8-2;;;/h8,10H,2-7H2;8,10H,1-3,5-7H2;2*5-6H,1-4H2;;;/q2*-1;2*-2;;;. The van der Waals surface area contributed by atoms with Crippen LogP contribution >= 0.6 is 0 Å². The number of aliphatic hydroxyl groups excluding tert-OH is 4. The van der Waals surface area contributed by atoms with Gasteiger partial charge in [-0.05, 0) is 12.8 Å². The molecule has 0 aliphatic carbocycles. The van der Waals surface area contributed by atoms with Crippen LogP contribution in [0.4, 0.5) is 0 Å². The molecule has 2 unspecified atom stereocenters. The third-order valence-electron chi connectivity index (χ3n) is 3.76. The van der Waals surface area contributed by atoms with Crippen molar-refractivity contribution in [2.75, 3.05) is 72.6 Å². The van der Waals surface area contributed by atoms with Crippen LogP contribution in [0.5, 0.6) is 0 Å². The number of rotatable bonds is 22. The topological polar surface area (TPSA) is 183 Å². The second-order valence-electron chi connectivity index (χ2n) is 7.43. The van der Waals surface area contributed by atoms with Crippen LogP contribution in [0.25, 0.3) is 4.85 Å². The fraction of sp³-hybridized carbons (Fsp3) is 0.692. The van der Waals surface area contributed by atoms with Crippen LogP contribution in [0.15, 0.2) is 0 Å². The maximum Gasteiger partial charge on any atom is 0.237 e. The smallest absolute Gasteiger partial charge is 0.237 e. The van der Waals surface area contributed by atoms with Gasteiger partial charge in [-0.1, -0.05) is 0 Å². The predicted molar refractivity (Wildman–Crippen MR) is 144 cm³/mol. The van der Waals surface area contributed by atoms with Gasteiger partial charge in [0.15, 0.2) is 0 Å². The van der Waals surface area contributed by atoms with Gasteiger partial charge in [0.05, 0.1) is 43.5 Å². The van der Waals surface area contributed by atoms with E-state index in [2.05, 4.69) is 75.9 Å². The van der Waals surface area contributed by atoms with Crippen LogP contribution in [-0.2, 0) is 37.9 Å². The molecule has 0 aromatic rings. The van der Waals surface area contributed by atoms with Gasteiger partial charge >= 0.3 is 0 Å². The summed E-state index contributed by atoms with van der Waals surface area (Å²) in [6, 6.07) is 1.96. The van der Waals surface area contributed by atoms with E-state index in [1.165, 1.54) is 0 Å². The molecule has 0 radical (unpaired) electrons. The van der Waals surface area contributed by atoms with Crippen molar-refractivity contribution in [2.24, 2.45) is 0 Å². The number of nitrogens with zero attached hydrogens (tertiary/aromatic N) is 2. The number of nitriles is 1. The first-order valence-electron chi connectivity index (χ1n) is 12.0. The van der Waals surface area contributed by atoms with Crippen molar-refractivity contribution in [3.63, 3.8) is 0 Å². The average molecular weight is 1380 g/mol. The molecule has 0 saturated heterocycles. The molecule has 2 atom stereocenters. The molecule has 0 spiro atoms. The largest absolute Gasteiger partial charge is 0.553 e. The SMILES string of the molecule is [C-]#[N+]CCOCCC(O)CO[CH2-].[CH2-]OCC(O)CCOCCC#N.[CH2-]OCC(O)CO[CH2-].[CH2-]OCC(O)CO[CH2-].[Rf].[Rf].[Rf]. The Labute approximate surface area is 240 Å². The second-order valence-corrected chi connectivity index (χ2v) is 7.43. The van der Waals surface area contributed by atoms with E-state index in [0.29, 0.717) is 52.2 Å². The minimum absolute atomic E-state index is 0. The van der Waals surface area contributed by atoms with Gasteiger partial charge in [-0.2, -0.15) is 5.26 Å². The fourth-order valence-electron chi connectivity index (χ4n) is 1.95. The van der Waals surface area contributed by atoms with Crippen LogP contribution in [-0.4, -0.2) is 117 Å². The van der Waals surface area contributed by atoms with Gasteiger partial charge in [0.2, 0.25) is 6.54 Å². The van der Waals surface area contributed by atoms with Gasteiger partial charge < -0.3 is 63.2 Å². The fourth-order valence-corrected chi connectivity index (χ4v) is 1.95. The van der Waals surface area contributed by atoms with E-state index in [1.807, 2.05) is 6.07 Å². The Kier molecular flexibility index (Phi) is 63.9.